The minimum atomic E-state index is 0.467. The Morgan fingerprint density at radius 3 is 2.13 bits per heavy atom. The van der Waals surface area contributed by atoms with Crippen LogP contribution in [0, 0.1) is 0 Å². The number of hydrogen-bond acceptors (Lipinski definition) is 1. The Labute approximate surface area is 144 Å². The first kappa shape index (κ1) is 16.6. The topological polar surface area (TPSA) is 36.4 Å². The monoisotopic (exact) mass is 333 g/mol. The summed E-state index contributed by atoms with van der Waals surface area (Å²) in [5.74, 6) is 0.950. The van der Waals surface area contributed by atoms with E-state index in [1.165, 1.54) is 64.2 Å². The predicted molar refractivity (Wildman–Crippen MR) is 99.4 cm³/mol. The van der Waals surface area contributed by atoms with Crippen LogP contribution in [-0.2, 0) is 0 Å². The van der Waals surface area contributed by atoms with Gasteiger partial charge >= 0.3 is 0 Å². The van der Waals surface area contributed by atoms with Crippen molar-refractivity contribution in [1.29, 1.82) is 0 Å². The van der Waals surface area contributed by atoms with Crippen molar-refractivity contribution in [3.63, 3.8) is 0 Å². The maximum absolute atomic E-state index is 5.99. The van der Waals surface area contributed by atoms with E-state index in [-0.39, 0.29) is 0 Å². The molecular formula is C19H28ClN3. The molecule has 126 valence electrons. The van der Waals surface area contributed by atoms with Gasteiger partial charge in [-0.2, -0.15) is 0 Å². The highest BCUT2D eigenvalue weighted by Gasteiger charge is 2.17. The molecule has 0 spiro atoms. The minimum absolute atomic E-state index is 0.467. The number of halogens is 1. The lowest BCUT2D eigenvalue weighted by Crippen LogP contribution is -2.41. The number of nitrogens with zero attached hydrogens (tertiary/aromatic N) is 1. The molecule has 0 heterocycles. The third-order valence-electron chi connectivity index (χ3n) is 4.94. The second-order valence-corrected chi connectivity index (χ2v) is 7.32. The lowest BCUT2D eigenvalue weighted by Gasteiger charge is -2.27. The van der Waals surface area contributed by atoms with Crippen molar-refractivity contribution in [2.75, 3.05) is 5.32 Å². The van der Waals surface area contributed by atoms with Gasteiger partial charge in [-0.25, -0.2) is 4.99 Å². The van der Waals surface area contributed by atoms with E-state index in [0.717, 1.165) is 16.7 Å². The van der Waals surface area contributed by atoms with Crippen LogP contribution in [0.1, 0.15) is 64.2 Å². The first-order chi connectivity index (χ1) is 11.3. The third-order valence-corrected chi connectivity index (χ3v) is 5.19. The number of anilines is 1. The average Bonchev–Trinajstić information content (AvgIpc) is 2.59. The van der Waals surface area contributed by atoms with Gasteiger partial charge in [0, 0.05) is 16.8 Å². The Morgan fingerprint density at radius 1 is 0.870 bits per heavy atom. The highest BCUT2D eigenvalue weighted by atomic mass is 35.5. The number of aliphatic imine (C=N–C) groups is 1. The van der Waals surface area contributed by atoms with E-state index < -0.39 is 0 Å². The first-order valence-corrected chi connectivity index (χ1v) is 9.54. The Balaban J connectivity index is 1.68. The molecule has 0 amide bonds. The van der Waals surface area contributed by atoms with Crippen LogP contribution in [0.4, 0.5) is 5.69 Å². The van der Waals surface area contributed by atoms with E-state index in [1.807, 2.05) is 24.3 Å². The molecule has 0 atom stereocenters. The van der Waals surface area contributed by atoms with Gasteiger partial charge in [-0.15, -0.1) is 0 Å². The fraction of sp³-hybridized carbons (Fsp3) is 0.632. The van der Waals surface area contributed by atoms with Crippen LogP contribution < -0.4 is 10.6 Å². The van der Waals surface area contributed by atoms with Crippen molar-refractivity contribution in [2.24, 2.45) is 4.99 Å². The molecule has 0 bridgehead atoms. The largest absolute Gasteiger partial charge is 0.353 e. The summed E-state index contributed by atoms with van der Waals surface area (Å²) in [5, 5.41) is 7.92. The van der Waals surface area contributed by atoms with Crippen molar-refractivity contribution in [1.82, 2.24) is 5.32 Å². The summed E-state index contributed by atoms with van der Waals surface area (Å²) < 4.78 is 0. The maximum Gasteiger partial charge on any atom is 0.196 e. The summed E-state index contributed by atoms with van der Waals surface area (Å²) in [5.41, 5.74) is 1.05. The fourth-order valence-corrected chi connectivity index (χ4v) is 3.73. The summed E-state index contributed by atoms with van der Waals surface area (Å²) in [4.78, 5) is 5.01. The van der Waals surface area contributed by atoms with E-state index >= 15 is 0 Å². The molecule has 3 nitrogen and oxygen atoms in total. The van der Waals surface area contributed by atoms with Gasteiger partial charge in [0.2, 0.25) is 0 Å². The van der Waals surface area contributed by atoms with Crippen LogP contribution in [0.5, 0.6) is 0 Å². The quantitative estimate of drug-likeness (QED) is 0.576. The van der Waals surface area contributed by atoms with Crippen LogP contribution in [0.25, 0.3) is 0 Å². The molecule has 2 fully saturated rings. The molecule has 1 aromatic carbocycles. The lowest BCUT2D eigenvalue weighted by molar-refractivity contribution is 0.408. The highest BCUT2D eigenvalue weighted by Crippen LogP contribution is 2.22. The molecule has 0 radical (unpaired) electrons. The van der Waals surface area contributed by atoms with E-state index in [9.17, 15) is 0 Å². The molecule has 2 N–H and O–H groups in total. The Hall–Kier alpha value is -1.22. The number of nitrogens with one attached hydrogen (secondary N) is 2. The normalized spacial score (nSPS) is 21.2. The van der Waals surface area contributed by atoms with Crippen molar-refractivity contribution < 1.29 is 0 Å². The summed E-state index contributed by atoms with van der Waals surface area (Å²) in [6.07, 6.45) is 13.0. The second kappa shape index (κ2) is 8.58. The van der Waals surface area contributed by atoms with Crippen LogP contribution in [0.3, 0.4) is 0 Å². The molecular weight excluding hydrogens is 306 g/mol. The van der Waals surface area contributed by atoms with E-state index in [4.69, 9.17) is 16.6 Å². The second-order valence-electron chi connectivity index (χ2n) is 6.88. The van der Waals surface area contributed by atoms with E-state index in [0.29, 0.717) is 12.1 Å². The van der Waals surface area contributed by atoms with Crippen molar-refractivity contribution in [3.8, 4) is 0 Å². The van der Waals surface area contributed by atoms with Crippen LogP contribution >= 0.6 is 11.6 Å². The average molecular weight is 334 g/mol. The SMILES string of the molecule is Clc1ccc(NC(=NC2CCCCC2)NC2CCCCC2)cc1. The molecule has 1 aromatic rings. The number of rotatable bonds is 3. The smallest absolute Gasteiger partial charge is 0.196 e. The zero-order chi connectivity index (χ0) is 15.9. The van der Waals surface area contributed by atoms with Gasteiger partial charge in [-0.3, -0.25) is 0 Å². The molecule has 2 aliphatic carbocycles. The summed E-state index contributed by atoms with van der Waals surface area (Å²) in [6, 6.07) is 8.90. The van der Waals surface area contributed by atoms with E-state index in [1.54, 1.807) is 0 Å². The molecule has 0 aliphatic heterocycles. The molecule has 23 heavy (non-hydrogen) atoms. The van der Waals surface area contributed by atoms with Gasteiger partial charge in [-0.05, 0) is 49.9 Å². The zero-order valence-corrected chi connectivity index (χ0v) is 14.6. The molecule has 3 rings (SSSR count). The number of benzene rings is 1. The minimum Gasteiger partial charge on any atom is -0.353 e. The Morgan fingerprint density at radius 2 is 1.48 bits per heavy atom. The van der Waals surface area contributed by atoms with Crippen molar-refractivity contribution in [2.45, 2.75) is 76.3 Å². The standard InChI is InChI=1S/C19H28ClN3/c20-15-11-13-18(14-12-15)23-19(21-16-7-3-1-4-8-16)22-17-9-5-2-6-10-17/h11-14,16-17H,1-10H2,(H2,21,22,23). The van der Waals surface area contributed by atoms with E-state index in [2.05, 4.69) is 10.6 Å². The molecule has 0 aromatic heterocycles. The van der Waals surface area contributed by atoms with Gasteiger partial charge in [0.1, 0.15) is 0 Å². The van der Waals surface area contributed by atoms with Crippen LogP contribution in [0.2, 0.25) is 5.02 Å². The summed E-state index contributed by atoms with van der Waals surface area (Å²) in [7, 11) is 0. The first-order valence-electron chi connectivity index (χ1n) is 9.16. The zero-order valence-electron chi connectivity index (χ0n) is 13.9. The van der Waals surface area contributed by atoms with Crippen molar-refractivity contribution >= 4 is 23.2 Å². The van der Waals surface area contributed by atoms with Gasteiger partial charge in [-0.1, -0.05) is 50.1 Å². The van der Waals surface area contributed by atoms with Gasteiger partial charge in [0.15, 0.2) is 5.96 Å². The summed E-state index contributed by atoms with van der Waals surface area (Å²) >= 11 is 5.99. The fourth-order valence-electron chi connectivity index (χ4n) is 3.61. The molecule has 0 unspecified atom stereocenters. The third kappa shape index (κ3) is 5.42. The molecule has 2 aliphatic rings. The van der Waals surface area contributed by atoms with Gasteiger partial charge < -0.3 is 10.6 Å². The predicted octanol–water partition coefficient (Wildman–Crippen LogP) is 5.36. The maximum atomic E-state index is 5.99. The molecule has 0 saturated heterocycles. The van der Waals surface area contributed by atoms with Crippen molar-refractivity contribution in [3.05, 3.63) is 29.3 Å². The lowest BCUT2D eigenvalue weighted by atomic mass is 9.95. The number of guanidine groups is 1. The Bertz CT molecular complexity index is 500. The Kier molecular flexibility index (Phi) is 6.21. The highest BCUT2D eigenvalue weighted by molar-refractivity contribution is 6.30. The van der Waals surface area contributed by atoms with Crippen LogP contribution in [0.15, 0.2) is 29.3 Å². The van der Waals surface area contributed by atoms with Crippen LogP contribution in [-0.4, -0.2) is 18.0 Å². The number of hydrogen-bond donors (Lipinski definition) is 2. The molecule has 4 heteroatoms. The summed E-state index contributed by atoms with van der Waals surface area (Å²) in [6.45, 7) is 0. The van der Waals surface area contributed by atoms with Gasteiger partial charge in [0.25, 0.3) is 0 Å². The molecule has 2 saturated carbocycles. The van der Waals surface area contributed by atoms with Gasteiger partial charge in [0.05, 0.1) is 6.04 Å².